The Morgan fingerprint density at radius 1 is 1.35 bits per heavy atom. The van der Waals surface area contributed by atoms with Crippen molar-refractivity contribution in [3.8, 4) is 0 Å². The van der Waals surface area contributed by atoms with Crippen molar-refractivity contribution in [2.75, 3.05) is 13.6 Å². The molecular formula is C16H23N3O. The first kappa shape index (κ1) is 13.6. The van der Waals surface area contributed by atoms with Crippen molar-refractivity contribution in [2.45, 2.75) is 38.3 Å². The Balaban J connectivity index is 1.66. The number of nitrogens with zero attached hydrogens (tertiary/aromatic N) is 2. The molecule has 0 spiro atoms. The summed E-state index contributed by atoms with van der Waals surface area (Å²) in [4.78, 5) is 2.31. The third-order valence-corrected chi connectivity index (χ3v) is 4.42. The van der Waals surface area contributed by atoms with E-state index in [1.165, 1.54) is 18.4 Å². The molecule has 0 radical (unpaired) electrons. The van der Waals surface area contributed by atoms with Gasteiger partial charge < -0.3 is 10.0 Å². The van der Waals surface area contributed by atoms with Gasteiger partial charge in [-0.2, -0.15) is 5.10 Å². The number of aromatic nitrogens is 2. The fourth-order valence-corrected chi connectivity index (χ4v) is 3.32. The molecule has 20 heavy (non-hydrogen) atoms. The van der Waals surface area contributed by atoms with E-state index in [-0.39, 0.29) is 6.10 Å². The molecule has 2 aromatic rings. The second-order valence-electron chi connectivity index (χ2n) is 6.06. The molecule has 1 aromatic carbocycles. The maximum atomic E-state index is 10.1. The van der Waals surface area contributed by atoms with Gasteiger partial charge >= 0.3 is 0 Å². The number of benzene rings is 1. The van der Waals surface area contributed by atoms with Gasteiger partial charge in [0.05, 0.1) is 17.8 Å². The first-order valence-electron chi connectivity index (χ1n) is 7.51. The number of rotatable bonds is 4. The van der Waals surface area contributed by atoms with Gasteiger partial charge in [-0.05, 0) is 31.4 Å². The minimum atomic E-state index is -0.117. The molecule has 1 heterocycles. The molecule has 1 fully saturated rings. The van der Waals surface area contributed by atoms with Crippen LogP contribution in [0.25, 0.3) is 10.9 Å². The van der Waals surface area contributed by atoms with Crippen LogP contribution in [0.3, 0.4) is 0 Å². The van der Waals surface area contributed by atoms with Crippen LogP contribution in [0.2, 0.25) is 0 Å². The lowest BCUT2D eigenvalue weighted by Gasteiger charge is -2.31. The molecule has 2 unspecified atom stereocenters. The third-order valence-electron chi connectivity index (χ3n) is 4.42. The number of hydrogen-bond donors (Lipinski definition) is 2. The number of hydrogen-bond acceptors (Lipinski definition) is 3. The number of aromatic amines is 1. The van der Waals surface area contributed by atoms with Gasteiger partial charge in [-0.3, -0.25) is 5.10 Å². The number of para-hydroxylation sites is 1. The Bertz CT molecular complexity index is 566. The van der Waals surface area contributed by atoms with Gasteiger partial charge in [0.2, 0.25) is 0 Å². The van der Waals surface area contributed by atoms with Gasteiger partial charge in [0, 0.05) is 18.5 Å². The summed E-state index contributed by atoms with van der Waals surface area (Å²) in [5, 5.41) is 18.4. The molecule has 1 aliphatic rings. The molecule has 0 bridgehead atoms. The van der Waals surface area contributed by atoms with E-state index in [0.717, 1.165) is 36.8 Å². The minimum Gasteiger partial charge on any atom is -0.393 e. The predicted octanol–water partition coefficient (Wildman–Crippen LogP) is 2.55. The highest BCUT2D eigenvalue weighted by Crippen LogP contribution is 2.25. The first-order chi connectivity index (χ1) is 9.74. The maximum absolute atomic E-state index is 10.1. The maximum Gasteiger partial charge on any atom is 0.0695 e. The molecule has 108 valence electrons. The average Bonchev–Trinajstić information content (AvgIpc) is 2.91. The zero-order valence-corrected chi connectivity index (χ0v) is 12.0. The smallest absolute Gasteiger partial charge is 0.0695 e. The third kappa shape index (κ3) is 2.86. The predicted molar refractivity (Wildman–Crippen MR) is 80.4 cm³/mol. The number of fused-ring (bicyclic) bond motifs is 1. The van der Waals surface area contributed by atoms with Gasteiger partial charge in [-0.25, -0.2) is 0 Å². The van der Waals surface area contributed by atoms with Crippen LogP contribution in [-0.4, -0.2) is 39.9 Å². The van der Waals surface area contributed by atoms with Gasteiger partial charge in [0.1, 0.15) is 0 Å². The van der Waals surface area contributed by atoms with Gasteiger partial charge in [-0.1, -0.05) is 31.0 Å². The van der Waals surface area contributed by atoms with Crippen LogP contribution in [0.5, 0.6) is 0 Å². The van der Waals surface area contributed by atoms with E-state index < -0.39 is 0 Å². The molecule has 2 N–H and O–H groups in total. The topological polar surface area (TPSA) is 52.2 Å². The number of aliphatic hydroxyl groups is 1. The quantitative estimate of drug-likeness (QED) is 0.900. The first-order valence-corrected chi connectivity index (χ1v) is 7.51. The van der Waals surface area contributed by atoms with E-state index >= 15 is 0 Å². The Kier molecular flexibility index (Phi) is 4.03. The Hall–Kier alpha value is -1.39. The largest absolute Gasteiger partial charge is 0.393 e. The molecular weight excluding hydrogens is 250 g/mol. The highest BCUT2D eigenvalue weighted by molar-refractivity contribution is 5.81. The number of H-pyrrole nitrogens is 1. The Morgan fingerprint density at radius 3 is 3.05 bits per heavy atom. The fraction of sp³-hybridized carbons (Fsp3) is 0.562. The lowest BCUT2D eigenvalue weighted by Crippen LogP contribution is -2.34. The van der Waals surface area contributed by atoms with E-state index in [1.807, 2.05) is 6.20 Å². The van der Waals surface area contributed by atoms with E-state index in [4.69, 9.17) is 0 Å². The van der Waals surface area contributed by atoms with Crippen LogP contribution in [0.4, 0.5) is 0 Å². The number of aliphatic hydroxyl groups excluding tert-OH is 1. The number of nitrogens with one attached hydrogen (secondary N) is 1. The summed E-state index contributed by atoms with van der Waals surface area (Å²) in [5.41, 5.74) is 2.40. The van der Waals surface area contributed by atoms with Crippen LogP contribution < -0.4 is 0 Å². The van der Waals surface area contributed by atoms with Crippen molar-refractivity contribution in [2.24, 2.45) is 5.92 Å². The summed E-state index contributed by atoms with van der Waals surface area (Å²) in [7, 11) is 2.14. The monoisotopic (exact) mass is 273 g/mol. The Labute approximate surface area is 119 Å². The van der Waals surface area contributed by atoms with Gasteiger partial charge in [-0.15, -0.1) is 0 Å². The summed E-state index contributed by atoms with van der Waals surface area (Å²) in [6.07, 6.45) is 6.30. The molecule has 1 aliphatic carbocycles. The highest BCUT2D eigenvalue weighted by atomic mass is 16.3. The summed E-state index contributed by atoms with van der Waals surface area (Å²) >= 11 is 0. The molecule has 1 saturated carbocycles. The van der Waals surface area contributed by atoms with Crippen LogP contribution in [0.15, 0.2) is 24.4 Å². The average molecular weight is 273 g/mol. The summed E-state index contributed by atoms with van der Waals surface area (Å²) in [6, 6.07) is 6.30. The van der Waals surface area contributed by atoms with E-state index in [1.54, 1.807) is 0 Å². The lowest BCUT2D eigenvalue weighted by molar-refractivity contribution is 0.0502. The summed E-state index contributed by atoms with van der Waals surface area (Å²) < 4.78 is 0. The van der Waals surface area contributed by atoms with Gasteiger partial charge in [0.15, 0.2) is 0 Å². The SMILES string of the molecule is CN(Cc1cccc2cn[nH]c12)CC1CCCCC1O. The van der Waals surface area contributed by atoms with E-state index in [9.17, 15) is 5.11 Å². The molecule has 0 saturated heterocycles. The molecule has 2 atom stereocenters. The van der Waals surface area contributed by atoms with Crippen molar-refractivity contribution < 1.29 is 5.11 Å². The Morgan fingerprint density at radius 2 is 2.20 bits per heavy atom. The summed E-state index contributed by atoms with van der Waals surface area (Å²) in [5.74, 6) is 0.426. The fourth-order valence-electron chi connectivity index (χ4n) is 3.32. The van der Waals surface area contributed by atoms with E-state index in [0.29, 0.717) is 5.92 Å². The molecule has 0 amide bonds. The zero-order chi connectivity index (χ0) is 13.9. The summed E-state index contributed by atoms with van der Waals surface area (Å²) in [6.45, 7) is 1.86. The molecule has 4 heteroatoms. The second kappa shape index (κ2) is 5.94. The van der Waals surface area contributed by atoms with Crippen molar-refractivity contribution >= 4 is 10.9 Å². The standard InChI is InChI=1S/C16H23N3O/c1-19(10-13-5-2-3-8-15(13)20)11-14-7-4-6-12-9-17-18-16(12)14/h4,6-7,9,13,15,20H,2-3,5,8,10-11H2,1H3,(H,17,18). The van der Waals surface area contributed by atoms with Crippen molar-refractivity contribution in [1.29, 1.82) is 0 Å². The second-order valence-corrected chi connectivity index (χ2v) is 6.06. The van der Waals surface area contributed by atoms with Crippen molar-refractivity contribution in [3.63, 3.8) is 0 Å². The van der Waals surface area contributed by atoms with Crippen LogP contribution in [0, 0.1) is 5.92 Å². The van der Waals surface area contributed by atoms with Crippen molar-refractivity contribution in [3.05, 3.63) is 30.0 Å². The molecule has 1 aromatic heterocycles. The highest BCUT2D eigenvalue weighted by Gasteiger charge is 2.24. The van der Waals surface area contributed by atoms with E-state index in [2.05, 4.69) is 40.3 Å². The molecule has 0 aliphatic heterocycles. The van der Waals surface area contributed by atoms with Crippen LogP contribution >= 0.6 is 0 Å². The molecule has 4 nitrogen and oxygen atoms in total. The van der Waals surface area contributed by atoms with Gasteiger partial charge in [0.25, 0.3) is 0 Å². The molecule has 3 rings (SSSR count). The zero-order valence-electron chi connectivity index (χ0n) is 12.0. The minimum absolute atomic E-state index is 0.117. The normalized spacial score (nSPS) is 23.6. The lowest BCUT2D eigenvalue weighted by atomic mass is 9.86. The van der Waals surface area contributed by atoms with Crippen LogP contribution in [-0.2, 0) is 6.54 Å². The van der Waals surface area contributed by atoms with Crippen LogP contribution in [0.1, 0.15) is 31.2 Å². The van der Waals surface area contributed by atoms with Crippen molar-refractivity contribution in [1.82, 2.24) is 15.1 Å².